The van der Waals surface area contributed by atoms with Crippen LogP contribution in [-0.2, 0) is 0 Å². The van der Waals surface area contributed by atoms with Gasteiger partial charge in [0, 0.05) is 35.9 Å². The van der Waals surface area contributed by atoms with Crippen LogP contribution in [0, 0.1) is 13.8 Å². The molecule has 0 N–H and O–H groups in total. The molecule has 3 rings (SSSR count). The fourth-order valence-corrected chi connectivity index (χ4v) is 4.11. The second kappa shape index (κ2) is 7.34. The molecule has 1 aliphatic heterocycles. The SMILES string of the molecule is COc1ccc(-n2c(C)cc(C(=O)N3CCCSCC3)c2C)cc1. The highest BCUT2D eigenvalue weighted by molar-refractivity contribution is 7.99. The van der Waals surface area contributed by atoms with Crippen LogP contribution in [-0.4, -0.2) is 47.1 Å². The van der Waals surface area contributed by atoms with Gasteiger partial charge in [0.1, 0.15) is 5.75 Å². The summed E-state index contributed by atoms with van der Waals surface area (Å²) in [7, 11) is 1.66. The van der Waals surface area contributed by atoms with Crippen molar-refractivity contribution < 1.29 is 9.53 Å². The molecular formula is C19H24N2O2S. The van der Waals surface area contributed by atoms with E-state index in [4.69, 9.17) is 4.74 Å². The minimum absolute atomic E-state index is 0.158. The van der Waals surface area contributed by atoms with Crippen LogP contribution in [0.4, 0.5) is 0 Å². The van der Waals surface area contributed by atoms with Crippen molar-refractivity contribution in [3.05, 3.63) is 47.3 Å². The Balaban J connectivity index is 1.91. The lowest BCUT2D eigenvalue weighted by atomic mass is 10.2. The van der Waals surface area contributed by atoms with Gasteiger partial charge in [-0.3, -0.25) is 4.79 Å². The fraction of sp³-hybridized carbons (Fsp3) is 0.421. The van der Waals surface area contributed by atoms with Gasteiger partial charge in [0.25, 0.3) is 5.91 Å². The highest BCUT2D eigenvalue weighted by Gasteiger charge is 2.22. The zero-order valence-corrected chi connectivity index (χ0v) is 15.4. The van der Waals surface area contributed by atoms with Crippen molar-refractivity contribution in [1.29, 1.82) is 0 Å². The van der Waals surface area contributed by atoms with E-state index < -0.39 is 0 Å². The molecule has 1 saturated heterocycles. The lowest BCUT2D eigenvalue weighted by Gasteiger charge is -2.20. The Bertz CT molecular complexity index is 714. The molecule has 1 aliphatic rings. The Morgan fingerprint density at radius 2 is 1.88 bits per heavy atom. The van der Waals surface area contributed by atoms with E-state index in [2.05, 4.69) is 4.57 Å². The second-order valence-electron chi connectivity index (χ2n) is 6.08. The number of aromatic nitrogens is 1. The van der Waals surface area contributed by atoms with Crippen LogP contribution in [0.15, 0.2) is 30.3 Å². The van der Waals surface area contributed by atoms with Gasteiger partial charge in [-0.2, -0.15) is 11.8 Å². The van der Waals surface area contributed by atoms with Crippen LogP contribution >= 0.6 is 11.8 Å². The first kappa shape index (κ1) is 17.0. The van der Waals surface area contributed by atoms with E-state index in [1.807, 2.05) is 60.8 Å². The molecule has 0 atom stereocenters. The molecule has 1 aromatic heterocycles. The second-order valence-corrected chi connectivity index (χ2v) is 7.30. The van der Waals surface area contributed by atoms with Crippen molar-refractivity contribution in [1.82, 2.24) is 9.47 Å². The van der Waals surface area contributed by atoms with Gasteiger partial charge in [-0.05, 0) is 56.4 Å². The van der Waals surface area contributed by atoms with E-state index in [9.17, 15) is 4.79 Å². The minimum Gasteiger partial charge on any atom is -0.497 e. The number of amides is 1. The van der Waals surface area contributed by atoms with Crippen LogP contribution in [0.3, 0.4) is 0 Å². The maximum absolute atomic E-state index is 13.0. The normalized spacial score (nSPS) is 15.2. The third-order valence-electron chi connectivity index (χ3n) is 4.50. The molecular weight excluding hydrogens is 320 g/mol. The maximum atomic E-state index is 13.0. The third-order valence-corrected chi connectivity index (χ3v) is 5.55. The van der Waals surface area contributed by atoms with E-state index in [1.165, 1.54) is 0 Å². The van der Waals surface area contributed by atoms with Gasteiger partial charge in [-0.25, -0.2) is 0 Å². The summed E-state index contributed by atoms with van der Waals surface area (Å²) in [5, 5.41) is 0. The number of carbonyl (C=O) groups is 1. The lowest BCUT2D eigenvalue weighted by Crippen LogP contribution is -2.33. The summed E-state index contributed by atoms with van der Waals surface area (Å²) in [4.78, 5) is 15.0. The van der Waals surface area contributed by atoms with Crippen molar-refractivity contribution in [2.75, 3.05) is 31.7 Å². The van der Waals surface area contributed by atoms with Crippen molar-refractivity contribution in [2.45, 2.75) is 20.3 Å². The number of thioether (sulfide) groups is 1. The first-order valence-electron chi connectivity index (χ1n) is 8.32. The molecule has 0 spiro atoms. The molecule has 24 heavy (non-hydrogen) atoms. The minimum atomic E-state index is 0.158. The highest BCUT2D eigenvalue weighted by Crippen LogP contribution is 2.24. The van der Waals surface area contributed by atoms with Gasteiger partial charge in [-0.15, -0.1) is 0 Å². The van der Waals surface area contributed by atoms with Crippen LogP contribution in [0.2, 0.25) is 0 Å². The predicted octanol–water partition coefficient (Wildman–Crippen LogP) is 3.68. The molecule has 4 nitrogen and oxygen atoms in total. The molecule has 128 valence electrons. The van der Waals surface area contributed by atoms with E-state index in [0.29, 0.717) is 0 Å². The van der Waals surface area contributed by atoms with Crippen molar-refractivity contribution >= 4 is 17.7 Å². The Morgan fingerprint density at radius 1 is 1.12 bits per heavy atom. The monoisotopic (exact) mass is 344 g/mol. The van der Waals surface area contributed by atoms with Crippen molar-refractivity contribution in [3.63, 3.8) is 0 Å². The summed E-state index contributed by atoms with van der Waals surface area (Å²) in [6.45, 7) is 5.77. The molecule has 2 aromatic rings. The van der Waals surface area contributed by atoms with Gasteiger partial charge in [-0.1, -0.05) is 0 Å². The van der Waals surface area contributed by atoms with Crippen molar-refractivity contribution in [2.24, 2.45) is 0 Å². The Morgan fingerprint density at radius 3 is 2.58 bits per heavy atom. The maximum Gasteiger partial charge on any atom is 0.255 e. The molecule has 5 heteroatoms. The Kier molecular flexibility index (Phi) is 5.19. The number of hydrogen-bond donors (Lipinski definition) is 0. The molecule has 2 heterocycles. The van der Waals surface area contributed by atoms with Gasteiger partial charge < -0.3 is 14.2 Å². The van der Waals surface area contributed by atoms with Crippen LogP contribution in [0.1, 0.15) is 28.2 Å². The molecule has 0 radical (unpaired) electrons. The largest absolute Gasteiger partial charge is 0.497 e. The van der Waals surface area contributed by atoms with Gasteiger partial charge in [0.2, 0.25) is 0 Å². The molecule has 1 amide bonds. The molecule has 0 unspecified atom stereocenters. The van der Waals surface area contributed by atoms with E-state index >= 15 is 0 Å². The summed E-state index contributed by atoms with van der Waals surface area (Å²) in [6, 6.07) is 9.95. The van der Waals surface area contributed by atoms with Crippen molar-refractivity contribution in [3.8, 4) is 11.4 Å². The zero-order chi connectivity index (χ0) is 17.1. The van der Waals surface area contributed by atoms with E-state index in [-0.39, 0.29) is 5.91 Å². The third kappa shape index (κ3) is 3.31. The number of methoxy groups -OCH3 is 1. The smallest absolute Gasteiger partial charge is 0.255 e. The summed E-state index contributed by atoms with van der Waals surface area (Å²) >= 11 is 1.93. The number of ether oxygens (including phenoxy) is 1. The van der Waals surface area contributed by atoms with Gasteiger partial charge >= 0.3 is 0 Å². The van der Waals surface area contributed by atoms with Crippen LogP contribution in [0.5, 0.6) is 5.75 Å². The Hall–Kier alpha value is -1.88. The molecule has 0 bridgehead atoms. The van der Waals surface area contributed by atoms with Crippen LogP contribution < -0.4 is 4.74 Å². The van der Waals surface area contributed by atoms with E-state index in [1.54, 1.807) is 7.11 Å². The molecule has 1 fully saturated rings. The lowest BCUT2D eigenvalue weighted by molar-refractivity contribution is 0.0768. The number of rotatable bonds is 3. The summed E-state index contributed by atoms with van der Waals surface area (Å²) in [5.74, 6) is 3.17. The van der Waals surface area contributed by atoms with Gasteiger partial charge in [0.15, 0.2) is 0 Å². The molecule has 1 aromatic carbocycles. The summed E-state index contributed by atoms with van der Waals surface area (Å²) < 4.78 is 7.37. The number of aryl methyl sites for hydroxylation is 1. The first-order chi connectivity index (χ1) is 11.6. The quantitative estimate of drug-likeness (QED) is 0.852. The average molecular weight is 344 g/mol. The average Bonchev–Trinajstić information content (AvgIpc) is 2.79. The first-order valence-corrected chi connectivity index (χ1v) is 9.47. The Labute approximate surface area is 147 Å². The van der Waals surface area contributed by atoms with E-state index in [0.717, 1.165) is 59.4 Å². The topological polar surface area (TPSA) is 34.5 Å². The number of benzene rings is 1. The zero-order valence-electron chi connectivity index (χ0n) is 14.5. The number of nitrogens with zero attached hydrogens (tertiary/aromatic N) is 2. The summed E-state index contributed by atoms with van der Waals surface area (Å²) in [6.07, 6.45) is 1.08. The fourth-order valence-electron chi connectivity index (χ4n) is 3.23. The standard InChI is InChI=1S/C19H24N2O2S/c1-14-13-18(19(22)20-9-4-11-24-12-10-20)15(2)21(14)16-5-7-17(23-3)8-6-16/h5-8,13H,4,9-12H2,1-3H3. The van der Waals surface area contributed by atoms with Crippen LogP contribution in [0.25, 0.3) is 5.69 Å². The highest BCUT2D eigenvalue weighted by atomic mass is 32.2. The predicted molar refractivity (Wildman–Crippen MR) is 99.6 cm³/mol. The molecule has 0 saturated carbocycles. The summed E-state index contributed by atoms with van der Waals surface area (Å²) in [5.41, 5.74) is 3.94. The molecule has 0 aliphatic carbocycles. The van der Waals surface area contributed by atoms with Gasteiger partial charge in [0.05, 0.1) is 12.7 Å². The number of hydrogen-bond acceptors (Lipinski definition) is 3. The number of carbonyl (C=O) groups excluding carboxylic acids is 1.